The molecule has 2 aliphatic carbocycles. The molecule has 0 saturated heterocycles. The summed E-state index contributed by atoms with van der Waals surface area (Å²) in [6, 6.07) is 14.0. The maximum absolute atomic E-state index is 13.7. The second-order valence-corrected chi connectivity index (χ2v) is 12.5. The first-order valence-corrected chi connectivity index (χ1v) is 15.3. The van der Waals surface area contributed by atoms with Gasteiger partial charge in [0.25, 0.3) is 0 Å². The Morgan fingerprint density at radius 3 is 2.76 bits per heavy atom. The average molecular weight is 663 g/mol. The van der Waals surface area contributed by atoms with E-state index in [0.717, 1.165) is 39.0 Å². The molecule has 2 atom stereocenters. The number of hydrogen-bond donors (Lipinski definition) is 1. The van der Waals surface area contributed by atoms with Crippen molar-refractivity contribution in [3.8, 4) is 0 Å². The largest absolute Gasteiger partial charge is 0.464 e. The predicted octanol–water partition coefficient (Wildman–Crippen LogP) is 5.53. The summed E-state index contributed by atoms with van der Waals surface area (Å²) < 4.78 is 0.728. The standard InChI is InChI=1S/C32H31IN4O4/c1-31(2,19-33)28(38)36(26-12-11-21-8-3-4-9-23(21)26)14-6-7-20-15-22-16-32(17-25(22)35-18-20)24-10-5-13-34-27(24)37(29(32)39)30(40)41/h3-10,13,15,18,26H,11-12,14,16-17,19H2,1-2H3,(H,40,41)/t26-,32+/m1/s1. The molecule has 0 fully saturated rings. The Hall–Kier alpha value is -3.60. The number of alkyl halides is 1. The summed E-state index contributed by atoms with van der Waals surface area (Å²) in [4.78, 5) is 50.8. The van der Waals surface area contributed by atoms with Crippen LogP contribution in [0.2, 0.25) is 0 Å². The van der Waals surface area contributed by atoms with E-state index in [2.05, 4.69) is 50.8 Å². The third-order valence-electron chi connectivity index (χ3n) is 8.62. The van der Waals surface area contributed by atoms with Crippen LogP contribution in [0.3, 0.4) is 0 Å². The first kappa shape index (κ1) is 27.6. The van der Waals surface area contributed by atoms with E-state index in [0.29, 0.717) is 24.9 Å². The van der Waals surface area contributed by atoms with E-state index in [1.54, 1.807) is 18.3 Å². The SMILES string of the molecule is CC(C)(CI)C(=O)N(CC=Cc1cnc2c(c1)C[C@@]1(C2)C(=O)N(C(=O)O)c2ncccc21)[C@@H]1CCc2ccccc21. The van der Waals surface area contributed by atoms with Crippen molar-refractivity contribution in [1.82, 2.24) is 14.9 Å². The number of fused-ring (bicyclic) bond motifs is 4. The van der Waals surface area contributed by atoms with Crippen LogP contribution in [-0.2, 0) is 34.3 Å². The van der Waals surface area contributed by atoms with Crippen LogP contribution in [0, 0.1) is 5.41 Å². The smallest absolute Gasteiger partial charge is 0.420 e. The van der Waals surface area contributed by atoms with Gasteiger partial charge in [0, 0.05) is 41.0 Å². The minimum Gasteiger partial charge on any atom is -0.464 e. The molecule has 8 nitrogen and oxygen atoms in total. The van der Waals surface area contributed by atoms with Crippen molar-refractivity contribution >= 4 is 52.4 Å². The van der Waals surface area contributed by atoms with Crippen molar-refractivity contribution in [2.75, 3.05) is 15.9 Å². The molecule has 1 aromatic carbocycles. The number of imide groups is 1. The molecule has 0 bridgehead atoms. The number of aryl methyl sites for hydroxylation is 1. The number of halogens is 1. The van der Waals surface area contributed by atoms with Crippen molar-refractivity contribution < 1.29 is 19.5 Å². The fourth-order valence-electron chi connectivity index (χ4n) is 6.49. The molecule has 0 saturated carbocycles. The van der Waals surface area contributed by atoms with Crippen LogP contribution in [0.25, 0.3) is 6.08 Å². The van der Waals surface area contributed by atoms with Crippen molar-refractivity contribution in [3.05, 3.63) is 94.4 Å². The summed E-state index contributed by atoms with van der Waals surface area (Å²) in [5.74, 6) is -0.148. The number of carboxylic acid groups (broad SMARTS) is 1. The minimum atomic E-state index is -1.32. The number of aromatic nitrogens is 2. The first-order chi connectivity index (χ1) is 19.7. The number of pyridine rings is 2. The fraction of sp³-hybridized carbons (Fsp3) is 0.344. The van der Waals surface area contributed by atoms with Gasteiger partial charge < -0.3 is 10.0 Å². The van der Waals surface area contributed by atoms with Crippen molar-refractivity contribution in [1.29, 1.82) is 0 Å². The Morgan fingerprint density at radius 1 is 1.17 bits per heavy atom. The second-order valence-electron chi connectivity index (χ2n) is 11.7. The number of anilines is 1. The van der Waals surface area contributed by atoms with Crippen LogP contribution in [-0.4, -0.2) is 48.9 Å². The fourth-order valence-corrected chi connectivity index (χ4v) is 6.81. The molecule has 3 amide bonds. The lowest BCUT2D eigenvalue weighted by Crippen LogP contribution is -2.43. The van der Waals surface area contributed by atoms with Crippen LogP contribution in [0.1, 0.15) is 59.8 Å². The Balaban J connectivity index is 1.25. The number of amides is 3. The number of carbonyl (C=O) groups excluding carboxylic acids is 2. The van der Waals surface area contributed by atoms with E-state index in [9.17, 15) is 19.5 Å². The average Bonchev–Trinajstić information content (AvgIpc) is 3.63. The molecular formula is C32H31IN4O4. The molecule has 0 unspecified atom stereocenters. The Kier molecular flexibility index (Phi) is 6.96. The second kappa shape index (κ2) is 10.3. The highest BCUT2D eigenvalue weighted by molar-refractivity contribution is 14.1. The van der Waals surface area contributed by atoms with Gasteiger partial charge in [-0.25, -0.2) is 9.78 Å². The van der Waals surface area contributed by atoms with Gasteiger partial charge >= 0.3 is 6.09 Å². The van der Waals surface area contributed by atoms with Gasteiger partial charge in [0.1, 0.15) is 5.82 Å². The zero-order valence-corrected chi connectivity index (χ0v) is 25.2. The third-order valence-corrected chi connectivity index (χ3v) is 10.5. The number of nitrogens with zero attached hydrogens (tertiary/aromatic N) is 4. The molecule has 0 radical (unpaired) electrons. The number of hydrogen-bond acceptors (Lipinski definition) is 5. The highest BCUT2D eigenvalue weighted by Crippen LogP contribution is 2.48. The van der Waals surface area contributed by atoms with Gasteiger partial charge in [0.05, 0.1) is 16.9 Å². The lowest BCUT2D eigenvalue weighted by molar-refractivity contribution is -0.141. The normalized spacial score (nSPS) is 20.9. The monoisotopic (exact) mass is 662 g/mol. The molecule has 2 aromatic heterocycles. The van der Waals surface area contributed by atoms with Crippen molar-refractivity contribution in [3.63, 3.8) is 0 Å². The molecule has 1 aliphatic heterocycles. The number of carbonyl (C=O) groups is 3. The van der Waals surface area contributed by atoms with E-state index in [4.69, 9.17) is 0 Å². The Bertz CT molecular complexity index is 1600. The minimum absolute atomic E-state index is 0.0443. The highest BCUT2D eigenvalue weighted by atomic mass is 127. The van der Waals surface area contributed by atoms with E-state index >= 15 is 0 Å². The quantitative estimate of drug-likeness (QED) is 0.275. The highest BCUT2D eigenvalue weighted by Gasteiger charge is 2.57. The first-order valence-electron chi connectivity index (χ1n) is 13.8. The molecule has 210 valence electrons. The van der Waals surface area contributed by atoms with Crippen LogP contribution < -0.4 is 4.90 Å². The summed E-state index contributed by atoms with van der Waals surface area (Å²) in [5.41, 5.74) is 4.28. The summed E-state index contributed by atoms with van der Waals surface area (Å²) in [5, 5.41) is 9.73. The lowest BCUT2D eigenvalue weighted by Gasteiger charge is -2.35. The predicted molar refractivity (Wildman–Crippen MR) is 164 cm³/mol. The molecule has 3 aliphatic rings. The zero-order valence-electron chi connectivity index (χ0n) is 23.0. The lowest BCUT2D eigenvalue weighted by atomic mass is 9.79. The molecule has 3 aromatic rings. The summed E-state index contributed by atoms with van der Waals surface area (Å²) >= 11 is 2.29. The maximum Gasteiger partial charge on any atom is 0.420 e. The molecular weight excluding hydrogens is 631 g/mol. The van der Waals surface area contributed by atoms with E-state index < -0.39 is 22.8 Å². The van der Waals surface area contributed by atoms with Gasteiger partial charge in [-0.1, -0.05) is 78.9 Å². The summed E-state index contributed by atoms with van der Waals surface area (Å²) in [7, 11) is 0. The summed E-state index contributed by atoms with van der Waals surface area (Å²) in [6.45, 7) is 4.48. The van der Waals surface area contributed by atoms with E-state index in [1.165, 1.54) is 17.3 Å². The van der Waals surface area contributed by atoms with E-state index in [1.807, 2.05) is 43.0 Å². The molecule has 41 heavy (non-hydrogen) atoms. The van der Waals surface area contributed by atoms with E-state index in [-0.39, 0.29) is 17.8 Å². The molecule has 1 N–H and O–H groups in total. The molecule has 3 heterocycles. The van der Waals surface area contributed by atoms with Crippen molar-refractivity contribution in [2.24, 2.45) is 5.41 Å². The summed E-state index contributed by atoms with van der Waals surface area (Å²) in [6.07, 6.45) is 8.53. The zero-order chi connectivity index (χ0) is 28.9. The van der Waals surface area contributed by atoms with Gasteiger partial charge in [-0.3, -0.25) is 14.6 Å². The third kappa shape index (κ3) is 4.54. The van der Waals surface area contributed by atoms with Gasteiger partial charge in [0.15, 0.2) is 0 Å². The number of rotatable bonds is 6. The van der Waals surface area contributed by atoms with Crippen LogP contribution >= 0.6 is 22.6 Å². The molecule has 6 rings (SSSR count). The molecule has 1 spiro atoms. The molecule has 9 heteroatoms. The maximum atomic E-state index is 13.7. The Labute approximate surface area is 252 Å². The topological polar surface area (TPSA) is 104 Å². The van der Waals surface area contributed by atoms with Crippen LogP contribution in [0.4, 0.5) is 10.6 Å². The van der Waals surface area contributed by atoms with Gasteiger partial charge in [-0.15, -0.1) is 0 Å². The van der Waals surface area contributed by atoms with Gasteiger partial charge in [-0.05, 0) is 53.6 Å². The number of benzene rings is 1. The van der Waals surface area contributed by atoms with Gasteiger partial charge in [0.2, 0.25) is 11.8 Å². The Morgan fingerprint density at radius 2 is 1.98 bits per heavy atom. The van der Waals surface area contributed by atoms with Crippen LogP contribution in [0.5, 0.6) is 0 Å². The van der Waals surface area contributed by atoms with Crippen molar-refractivity contribution in [2.45, 2.75) is 51.0 Å². The van der Waals surface area contributed by atoms with Crippen LogP contribution in [0.15, 0.2) is 60.9 Å². The van der Waals surface area contributed by atoms with Gasteiger partial charge in [-0.2, -0.15) is 4.90 Å².